The number of ether oxygens (including phenoxy) is 1. The normalized spacial score (nSPS) is 10.6. The van der Waals surface area contributed by atoms with E-state index in [2.05, 4.69) is 15.5 Å². The summed E-state index contributed by atoms with van der Waals surface area (Å²) < 4.78 is 8.78. The van der Waals surface area contributed by atoms with Crippen LogP contribution in [0.1, 0.15) is 0 Å². The van der Waals surface area contributed by atoms with Crippen LogP contribution in [-0.2, 0) is 4.79 Å². The Hall–Kier alpha value is -2.45. The van der Waals surface area contributed by atoms with E-state index in [1.165, 1.54) is 18.9 Å². The van der Waals surface area contributed by atoms with Crippen molar-refractivity contribution in [1.29, 1.82) is 0 Å². The van der Waals surface area contributed by atoms with Gasteiger partial charge in [0.15, 0.2) is 0 Å². The van der Waals surface area contributed by atoms with Gasteiger partial charge in [-0.1, -0.05) is 23.4 Å². The van der Waals surface area contributed by atoms with Crippen LogP contribution in [0.5, 0.6) is 5.75 Å². The molecule has 0 aliphatic rings. The van der Waals surface area contributed by atoms with Crippen LogP contribution in [0.3, 0.4) is 0 Å². The third kappa shape index (κ3) is 3.72. The molecule has 2 aromatic heterocycles. The standard InChI is InChI=1S/C15H14ClN5O2S/c1-23-13-5-4-11(16)8-12(13)18-14(22)9-24-15-19-17-10-21(15)20-6-2-3-7-20/h2-8,10H,9H2,1H3,(H,18,22). The second kappa shape index (κ2) is 7.41. The summed E-state index contributed by atoms with van der Waals surface area (Å²) in [5.41, 5.74) is 0.530. The lowest BCUT2D eigenvalue weighted by Crippen LogP contribution is -2.16. The minimum Gasteiger partial charge on any atom is -0.495 e. The molecule has 3 rings (SSSR count). The van der Waals surface area contributed by atoms with Crippen molar-refractivity contribution in [3.63, 3.8) is 0 Å². The summed E-state index contributed by atoms with van der Waals surface area (Å²) in [7, 11) is 1.53. The zero-order valence-corrected chi connectivity index (χ0v) is 14.3. The van der Waals surface area contributed by atoms with E-state index >= 15 is 0 Å². The number of carbonyl (C=O) groups is 1. The number of hydrogen-bond donors (Lipinski definition) is 1. The van der Waals surface area contributed by atoms with E-state index in [1.807, 2.05) is 29.2 Å². The minimum atomic E-state index is -0.192. The molecule has 0 aliphatic heterocycles. The number of rotatable bonds is 6. The number of amides is 1. The molecule has 0 radical (unpaired) electrons. The van der Waals surface area contributed by atoms with Crippen LogP contribution in [0.4, 0.5) is 5.69 Å². The van der Waals surface area contributed by atoms with Crippen molar-refractivity contribution < 1.29 is 9.53 Å². The zero-order valence-electron chi connectivity index (χ0n) is 12.7. The molecule has 7 nitrogen and oxygen atoms in total. The second-order valence-corrected chi connectivity index (χ2v) is 6.08. The zero-order chi connectivity index (χ0) is 16.9. The summed E-state index contributed by atoms with van der Waals surface area (Å²) in [5.74, 6) is 0.534. The highest BCUT2D eigenvalue weighted by atomic mass is 35.5. The van der Waals surface area contributed by atoms with Crippen molar-refractivity contribution in [3.8, 4) is 5.75 Å². The Balaban J connectivity index is 1.65. The van der Waals surface area contributed by atoms with Gasteiger partial charge in [-0.25, -0.2) is 4.68 Å². The smallest absolute Gasteiger partial charge is 0.234 e. The maximum Gasteiger partial charge on any atom is 0.234 e. The number of anilines is 1. The van der Waals surface area contributed by atoms with E-state index < -0.39 is 0 Å². The molecule has 0 saturated heterocycles. The average molecular weight is 364 g/mol. The van der Waals surface area contributed by atoms with Crippen molar-refractivity contribution in [2.45, 2.75) is 5.16 Å². The minimum absolute atomic E-state index is 0.176. The summed E-state index contributed by atoms with van der Waals surface area (Å²) in [6.07, 6.45) is 5.31. The van der Waals surface area contributed by atoms with Crippen LogP contribution in [0, 0.1) is 0 Å². The van der Waals surface area contributed by atoms with Gasteiger partial charge >= 0.3 is 0 Å². The van der Waals surface area contributed by atoms with Crippen LogP contribution in [-0.4, -0.2) is 38.3 Å². The highest BCUT2D eigenvalue weighted by Crippen LogP contribution is 2.28. The van der Waals surface area contributed by atoms with Crippen LogP contribution in [0.2, 0.25) is 5.02 Å². The van der Waals surface area contributed by atoms with Crippen molar-refractivity contribution >= 4 is 35.0 Å². The summed E-state index contributed by atoms with van der Waals surface area (Å²) in [6.45, 7) is 0. The van der Waals surface area contributed by atoms with E-state index in [1.54, 1.807) is 29.2 Å². The van der Waals surface area contributed by atoms with Gasteiger partial charge in [0.1, 0.15) is 12.1 Å². The van der Waals surface area contributed by atoms with Crippen molar-refractivity contribution in [2.24, 2.45) is 0 Å². The lowest BCUT2D eigenvalue weighted by Gasteiger charge is -2.10. The molecule has 1 aromatic carbocycles. The third-order valence-electron chi connectivity index (χ3n) is 3.11. The first-order valence-electron chi connectivity index (χ1n) is 6.97. The number of hydrogen-bond acceptors (Lipinski definition) is 5. The fourth-order valence-electron chi connectivity index (χ4n) is 2.04. The molecule has 0 atom stereocenters. The Kier molecular flexibility index (Phi) is 5.07. The lowest BCUT2D eigenvalue weighted by atomic mass is 10.3. The van der Waals surface area contributed by atoms with Gasteiger partial charge < -0.3 is 10.1 Å². The van der Waals surface area contributed by atoms with E-state index in [-0.39, 0.29) is 11.7 Å². The van der Waals surface area contributed by atoms with Crippen molar-refractivity contribution in [1.82, 2.24) is 19.5 Å². The number of methoxy groups -OCH3 is 1. The highest BCUT2D eigenvalue weighted by molar-refractivity contribution is 7.99. The number of aromatic nitrogens is 4. The number of nitrogens with zero attached hydrogens (tertiary/aromatic N) is 4. The van der Waals surface area contributed by atoms with E-state index in [4.69, 9.17) is 16.3 Å². The molecule has 0 unspecified atom stereocenters. The summed E-state index contributed by atoms with van der Waals surface area (Å²) >= 11 is 7.24. The second-order valence-electron chi connectivity index (χ2n) is 4.70. The number of nitrogens with one attached hydrogen (secondary N) is 1. The average Bonchev–Trinajstić information content (AvgIpc) is 3.24. The van der Waals surface area contributed by atoms with Crippen LogP contribution in [0.15, 0.2) is 54.2 Å². The van der Waals surface area contributed by atoms with E-state index in [9.17, 15) is 4.79 Å². The predicted octanol–water partition coefficient (Wildman–Crippen LogP) is 2.78. The molecule has 2 heterocycles. The van der Waals surface area contributed by atoms with Crippen LogP contribution < -0.4 is 10.1 Å². The third-order valence-corrected chi connectivity index (χ3v) is 4.27. The fraction of sp³-hybridized carbons (Fsp3) is 0.133. The molecule has 0 spiro atoms. The molecule has 0 saturated carbocycles. The molecule has 1 N–H and O–H groups in total. The molecule has 0 fully saturated rings. The van der Waals surface area contributed by atoms with Gasteiger partial charge in [0, 0.05) is 17.4 Å². The number of benzene rings is 1. The van der Waals surface area contributed by atoms with Gasteiger partial charge in [-0.3, -0.25) is 9.47 Å². The topological polar surface area (TPSA) is 74.0 Å². The van der Waals surface area contributed by atoms with Gasteiger partial charge in [-0.2, -0.15) is 0 Å². The van der Waals surface area contributed by atoms with Crippen LogP contribution in [0.25, 0.3) is 0 Å². The van der Waals surface area contributed by atoms with Crippen molar-refractivity contribution in [3.05, 3.63) is 54.1 Å². The Bertz CT molecular complexity index is 834. The Morgan fingerprint density at radius 3 is 2.92 bits per heavy atom. The summed E-state index contributed by atoms with van der Waals surface area (Å²) in [4.78, 5) is 12.2. The Labute approximate surface area is 147 Å². The molecule has 1 amide bonds. The summed E-state index contributed by atoms with van der Waals surface area (Å²) in [6, 6.07) is 8.84. The Morgan fingerprint density at radius 1 is 1.38 bits per heavy atom. The van der Waals surface area contributed by atoms with Gasteiger partial charge in [0.2, 0.25) is 11.1 Å². The van der Waals surface area contributed by atoms with Gasteiger partial charge in [0.25, 0.3) is 0 Å². The van der Waals surface area contributed by atoms with Gasteiger partial charge in [-0.15, -0.1) is 10.2 Å². The number of thioether (sulfide) groups is 1. The first kappa shape index (κ1) is 16.4. The monoisotopic (exact) mass is 363 g/mol. The largest absolute Gasteiger partial charge is 0.495 e. The fourth-order valence-corrected chi connectivity index (χ4v) is 2.92. The summed E-state index contributed by atoms with van der Waals surface area (Å²) in [5, 5.41) is 11.8. The molecule has 124 valence electrons. The molecule has 24 heavy (non-hydrogen) atoms. The van der Waals surface area contributed by atoms with E-state index in [0.717, 1.165) is 0 Å². The Morgan fingerprint density at radius 2 is 2.17 bits per heavy atom. The molecule has 3 aromatic rings. The molecular formula is C15H14ClN5O2S. The maximum atomic E-state index is 12.2. The lowest BCUT2D eigenvalue weighted by molar-refractivity contribution is -0.113. The number of carbonyl (C=O) groups excluding carboxylic acids is 1. The first-order valence-corrected chi connectivity index (χ1v) is 8.33. The quantitative estimate of drug-likeness (QED) is 0.682. The van der Waals surface area contributed by atoms with Gasteiger partial charge in [0.05, 0.1) is 18.6 Å². The molecule has 0 aliphatic carbocycles. The highest BCUT2D eigenvalue weighted by Gasteiger charge is 2.12. The van der Waals surface area contributed by atoms with Gasteiger partial charge in [-0.05, 0) is 30.3 Å². The van der Waals surface area contributed by atoms with Crippen molar-refractivity contribution in [2.75, 3.05) is 18.2 Å². The predicted molar refractivity (Wildman–Crippen MR) is 92.6 cm³/mol. The maximum absolute atomic E-state index is 12.2. The molecule has 9 heteroatoms. The molecular weight excluding hydrogens is 350 g/mol. The number of halogens is 1. The van der Waals surface area contributed by atoms with E-state index in [0.29, 0.717) is 21.6 Å². The molecule has 0 bridgehead atoms. The first-order chi connectivity index (χ1) is 11.7. The van der Waals surface area contributed by atoms with Crippen LogP contribution >= 0.6 is 23.4 Å². The SMILES string of the molecule is COc1ccc(Cl)cc1NC(=O)CSc1nncn1-n1cccc1.